The number of aliphatic carboxylic acids is 1. The number of carboxylic acids is 1. The Labute approximate surface area is 127 Å². The van der Waals surface area contributed by atoms with E-state index in [9.17, 15) is 14.7 Å². The molecule has 1 aliphatic rings. The van der Waals surface area contributed by atoms with Gasteiger partial charge in [0.15, 0.2) is 6.04 Å². The second-order valence-electron chi connectivity index (χ2n) is 5.17. The topological polar surface area (TPSA) is 78.9 Å². The van der Waals surface area contributed by atoms with Gasteiger partial charge in [0.1, 0.15) is 0 Å². The minimum atomic E-state index is -1.05. The molecular weight excluding hydrogens is 292 g/mol. The molecule has 1 aromatic heterocycles. The fourth-order valence-corrected chi connectivity index (χ4v) is 3.11. The number of thiophene rings is 1. The summed E-state index contributed by atoms with van der Waals surface area (Å²) < 4.78 is 5.29. The number of carbonyl (C=O) groups is 2. The maximum Gasteiger partial charge on any atom is 0.331 e. The first-order chi connectivity index (χ1) is 10.1. The fourth-order valence-electron chi connectivity index (χ4n) is 2.34. The van der Waals surface area contributed by atoms with E-state index in [2.05, 4.69) is 5.32 Å². The minimum Gasteiger partial charge on any atom is -0.479 e. The van der Waals surface area contributed by atoms with Gasteiger partial charge in [-0.15, -0.1) is 11.3 Å². The summed E-state index contributed by atoms with van der Waals surface area (Å²) in [5.74, 6) is -0.634. The lowest BCUT2D eigenvalue weighted by Crippen LogP contribution is -2.44. The van der Waals surface area contributed by atoms with Crippen molar-refractivity contribution in [3.05, 3.63) is 22.4 Å². The number of carboxylic acid groups (broad SMARTS) is 1. The average molecular weight is 312 g/mol. The Morgan fingerprint density at radius 2 is 2.24 bits per heavy atom. The summed E-state index contributed by atoms with van der Waals surface area (Å²) in [4.78, 5) is 25.6. The molecule has 0 aliphatic carbocycles. The van der Waals surface area contributed by atoms with Crippen LogP contribution in [0.4, 0.5) is 4.79 Å². The molecule has 0 aromatic carbocycles. The molecule has 0 spiro atoms. The Balaban J connectivity index is 1.90. The molecule has 1 fully saturated rings. The van der Waals surface area contributed by atoms with E-state index in [1.54, 1.807) is 29.5 Å². The third-order valence-corrected chi connectivity index (χ3v) is 4.50. The Bertz CT molecular complexity index is 471. The molecule has 1 atom stereocenters. The van der Waals surface area contributed by atoms with Gasteiger partial charge < -0.3 is 20.1 Å². The van der Waals surface area contributed by atoms with Crippen molar-refractivity contribution in [3.8, 4) is 0 Å². The Morgan fingerprint density at radius 3 is 2.81 bits per heavy atom. The van der Waals surface area contributed by atoms with Crippen LogP contribution in [-0.2, 0) is 9.53 Å². The number of rotatable bonds is 5. The zero-order chi connectivity index (χ0) is 15.2. The van der Waals surface area contributed by atoms with E-state index < -0.39 is 12.0 Å². The first-order valence-corrected chi connectivity index (χ1v) is 7.81. The molecular formula is C14H20N2O4S. The molecule has 2 heterocycles. The minimum absolute atomic E-state index is 0.359. The number of carbonyl (C=O) groups excluding carboxylic acids is 1. The van der Waals surface area contributed by atoms with Crippen LogP contribution in [0.15, 0.2) is 17.5 Å². The van der Waals surface area contributed by atoms with Crippen molar-refractivity contribution >= 4 is 23.3 Å². The largest absolute Gasteiger partial charge is 0.479 e. The molecule has 0 bridgehead atoms. The van der Waals surface area contributed by atoms with E-state index in [-0.39, 0.29) is 6.03 Å². The fraction of sp³-hybridized carbons (Fsp3) is 0.571. The van der Waals surface area contributed by atoms with Crippen LogP contribution in [0, 0.1) is 5.92 Å². The van der Waals surface area contributed by atoms with Gasteiger partial charge in [0.05, 0.1) is 0 Å². The average Bonchev–Trinajstić information content (AvgIpc) is 2.99. The van der Waals surface area contributed by atoms with Crippen LogP contribution in [0.25, 0.3) is 0 Å². The van der Waals surface area contributed by atoms with Crippen LogP contribution in [0.3, 0.4) is 0 Å². The monoisotopic (exact) mass is 312 g/mol. The maximum atomic E-state index is 12.2. The lowest BCUT2D eigenvalue weighted by atomic mass is 10.00. The Morgan fingerprint density at radius 1 is 1.52 bits per heavy atom. The lowest BCUT2D eigenvalue weighted by Gasteiger charge is -2.28. The quantitative estimate of drug-likeness (QED) is 0.871. The van der Waals surface area contributed by atoms with Crippen LogP contribution in [0.1, 0.15) is 23.8 Å². The van der Waals surface area contributed by atoms with Gasteiger partial charge in [-0.25, -0.2) is 9.59 Å². The van der Waals surface area contributed by atoms with E-state index >= 15 is 0 Å². The second kappa shape index (κ2) is 7.42. The molecule has 1 aliphatic heterocycles. The molecule has 0 saturated carbocycles. The summed E-state index contributed by atoms with van der Waals surface area (Å²) in [5.41, 5.74) is 0. The highest BCUT2D eigenvalue weighted by atomic mass is 32.1. The summed E-state index contributed by atoms with van der Waals surface area (Å²) in [7, 11) is 1.69. The van der Waals surface area contributed by atoms with Crippen molar-refractivity contribution in [1.29, 1.82) is 0 Å². The number of urea groups is 1. The van der Waals surface area contributed by atoms with Crippen LogP contribution in [-0.4, -0.2) is 48.8 Å². The SMILES string of the molecule is CN(CC1CCOCC1)C(=O)NC(C(=O)O)c1cccs1. The first-order valence-electron chi connectivity index (χ1n) is 6.93. The van der Waals surface area contributed by atoms with Gasteiger partial charge in [0, 0.05) is 31.7 Å². The summed E-state index contributed by atoms with van der Waals surface area (Å²) in [6, 6.07) is 2.13. The summed E-state index contributed by atoms with van der Waals surface area (Å²) in [5, 5.41) is 13.6. The molecule has 1 unspecified atom stereocenters. The summed E-state index contributed by atoms with van der Waals surface area (Å²) >= 11 is 1.32. The third-order valence-electron chi connectivity index (χ3n) is 3.56. The zero-order valence-electron chi connectivity index (χ0n) is 11.9. The molecule has 1 saturated heterocycles. The smallest absolute Gasteiger partial charge is 0.331 e. The maximum absolute atomic E-state index is 12.2. The number of ether oxygens (including phenoxy) is 1. The molecule has 7 heteroatoms. The van der Waals surface area contributed by atoms with Crippen LogP contribution in [0.5, 0.6) is 0 Å². The molecule has 6 nitrogen and oxygen atoms in total. The van der Waals surface area contributed by atoms with E-state index in [1.165, 1.54) is 11.3 Å². The number of amides is 2. The summed E-state index contributed by atoms with van der Waals surface area (Å²) in [6.07, 6.45) is 1.87. The Hall–Kier alpha value is -1.60. The Kier molecular flexibility index (Phi) is 5.58. The van der Waals surface area contributed by atoms with Crippen LogP contribution >= 0.6 is 11.3 Å². The van der Waals surface area contributed by atoms with Gasteiger partial charge in [-0.1, -0.05) is 6.07 Å². The van der Waals surface area contributed by atoms with Gasteiger partial charge in [-0.3, -0.25) is 0 Å². The van der Waals surface area contributed by atoms with Crippen molar-refractivity contribution in [2.24, 2.45) is 5.92 Å². The third kappa shape index (κ3) is 4.44. The molecule has 2 rings (SSSR count). The van der Waals surface area contributed by atoms with Crippen molar-refractivity contribution in [2.75, 3.05) is 26.8 Å². The highest BCUT2D eigenvalue weighted by molar-refractivity contribution is 7.10. The molecule has 2 N–H and O–H groups in total. The molecule has 116 valence electrons. The van der Waals surface area contributed by atoms with E-state index in [4.69, 9.17) is 4.74 Å². The molecule has 1 aromatic rings. The summed E-state index contributed by atoms with van der Waals surface area (Å²) in [6.45, 7) is 2.08. The molecule has 2 amide bonds. The number of nitrogens with one attached hydrogen (secondary N) is 1. The lowest BCUT2D eigenvalue weighted by molar-refractivity contribution is -0.139. The van der Waals surface area contributed by atoms with Gasteiger partial charge >= 0.3 is 12.0 Å². The highest BCUT2D eigenvalue weighted by Gasteiger charge is 2.25. The normalized spacial score (nSPS) is 17.2. The van der Waals surface area contributed by atoms with Crippen LogP contribution < -0.4 is 5.32 Å². The van der Waals surface area contributed by atoms with E-state index in [0.717, 1.165) is 26.1 Å². The van der Waals surface area contributed by atoms with Gasteiger partial charge in [0.25, 0.3) is 0 Å². The number of hydrogen-bond acceptors (Lipinski definition) is 4. The molecule has 0 radical (unpaired) electrons. The first kappa shape index (κ1) is 15.8. The number of nitrogens with zero attached hydrogens (tertiary/aromatic N) is 1. The predicted octanol–water partition coefficient (Wildman–Crippen LogP) is 1.94. The van der Waals surface area contributed by atoms with Gasteiger partial charge in [-0.2, -0.15) is 0 Å². The van der Waals surface area contributed by atoms with E-state index in [1.807, 2.05) is 0 Å². The van der Waals surface area contributed by atoms with Crippen molar-refractivity contribution in [3.63, 3.8) is 0 Å². The second-order valence-corrected chi connectivity index (χ2v) is 6.15. The van der Waals surface area contributed by atoms with Crippen LogP contribution in [0.2, 0.25) is 0 Å². The predicted molar refractivity (Wildman–Crippen MR) is 79.4 cm³/mol. The van der Waals surface area contributed by atoms with Crippen molar-refractivity contribution in [2.45, 2.75) is 18.9 Å². The highest BCUT2D eigenvalue weighted by Crippen LogP contribution is 2.20. The zero-order valence-corrected chi connectivity index (χ0v) is 12.8. The van der Waals surface area contributed by atoms with Gasteiger partial charge in [0.2, 0.25) is 0 Å². The van der Waals surface area contributed by atoms with Crippen molar-refractivity contribution in [1.82, 2.24) is 10.2 Å². The van der Waals surface area contributed by atoms with E-state index in [0.29, 0.717) is 17.3 Å². The molecule has 21 heavy (non-hydrogen) atoms. The standard InChI is InChI=1S/C14H20N2O4S/c1-16(9-10-4-6-20-7-5-10)14(19)15-12(13(17)18)11-3-2-8-21-11/h2-3,8,10,12H,4-7,9H2,1H3,(H,15,19)(H,17,18). The number of hydrogen-bond donors (Lipinski definition) is 2. The van der Waals surface area contributed by atoms with Gasteiger partial charge in [-0.05, 0) is 30.2 Å². The van der Waals surface area contributed by atoms with Crippen molar-refractivity contribution < 1.29 is 19.4 Å².